The number of carbonyl (C=O) groups excluding carboxylic acids is 1. The van der Waals surface area contributed by atoms with Gasteiger partial charge in [0, 0.05) is 12.8 Å². The number of rotatable bonds is 10. The summed E-state index contributed by atoms with van der Waals surface area (Å²) in [4.78, 5) is 21.2. The minimum Gasteiger partial charge on any atom is -0.490 e. The summed E-state index contributed by atoms with van der Waals surface area (Å²) in [6.45, 7) is 2.19. The van der Waals surface area contributed by atoms with Crippen LogP contribution in [0.4, 0.5) is 4.39 Å². The van der Waals surface area contributed by atoms with E-state index in [1.807, 2.05) is 6.92 Å². The normalized spacial score (nSPS) is 11.9. The molecule has 0 aromatic heterocycles. The van der Waals surface area contributed by atoms with Crippen molar-refractivity contribution >= 4 is 11.9 Å². The molecule has 5 nitrogen and oxygen atoms in total. The quantitative estimate of drug-likeness (QED) is 0.695. The van der Waals surface area contributed by atoms with Gasteiger partial charge in [0.05, 0.1) is 6.61 Å². The number of carbonyl (C=O) groups is 2. The van der Waals surface area contributed by atoms with Crippen LogP contribution in [0.3, 0.4) is 0 Å². The number of halogens is 1. The minimum atomic E-state index is -0.893. The molecule has 0 aliphatic carbocycles. The van der Waals surface area contributed by atoms with Crippen molar-refractivity contribution in [2.45, 2.75) is 39.0 Å². The van der Waals surface area contributed by atoms with E-state index >= 15 is 0 Å². The Morgan fingerprint density at radius 3 is 2.73 bits per heavy atom. The van der Waals surface area contributed by atoms with Crippen LogP contribution in [0.5, 0.6) is 5.75 Å². The number of primary amides is 1. The third kappa shape index (κ3) is 6.56. The summed E-state index contributed by atoms with van der Waals surface area (Å²) in [7, 11) is 0. The highest BCUT2D eigenvalue weighted by Crippen LogP contribution is 2.23. The van der Waals surface area contributed by atoms with Crippen LogP contribution in [0.2, 0.25) is 0 Å². The van der Waals surface area contributed by atoms with Gasteiger partial charge >= 0.3 is 5.97 Å². The lowest BCUT2D eigenvalue weighted by Gasteiger charge is -2.14. The largest absolute Gasteiger partial charge is 0.490 e. The fraction of sp³-hybridized carbons (Fsp3) is 0.500. The zero-order chi connectivity index (χ0) is 16.5. The first-order chi connectivity index (χ1) is 10.4. The molecule has 0 aliphatic rings. The van der Waals surface area contributed by atoms with Crippen LogP contribution in [0.25, 0.3) is 0 Å². The molecular weight excluding hydrogens is 289 g/mol. The van der Waals surface area contributed by atoms with E-state index in [4.69, 9.17) is 15.6 Å². The average Bonchev–Trinajstić information content (AvgIpc) is 2.45. The molecule has 22 heavy (non-hydrogen) atoms. The molecule has 1 rings (SSSR count). The molecule has 1 aromatic carbocycles. The highest BCUT2D eigenvalue weighted by atomic mass is 19.1. The van der Waals surface area contributed by atoms with Crippen LogP contribution in [0.15, 0.2) is 18.2 Å². The second kappa shape index (κ2) is 9.02. The Hall–Kier alpha value is -2.11. The Balaban J connectivity index is 2.53. The second-order valence-electron chi connectivity index (χ2n) is 5.40. The van der Waals surface area contributed by atoms with Gasteiger partial charge in [-0.2, -0.15) is 0 Å². The number of nitrogens with two attached hydrogens (primary N) is 1. The Morgan fingerprint density at radius 2 is 2.09 bits per heavy atom. The molecule has 1 atom stereocenters. The van der Waals surface area contributed by atoms with Crippen LogP contribution in [0.1, 0.15) is 38.2 Å². The van der Waals surface area contributed by atoms with Crippen LogP contribution >= 0.6 is 0 Å². The maximum absolute atomic E-state index is 14.2. The lowest BCUT2D eigenvalue weighted by atomic mass is 10.1. The number of ether oxygens (including phenoxy) is 1. The van der Waals surface area contributed by atoms with Gasteiger partial charge in [0.25, 0.3) is 0 Å². The van der Waals surface area contributed by atoms with Gasteiger partial charge in [0.15, 0.2) is 11.6 Å². The Bertz CT molecular complexity index is 519. The Kier molecular flexibility index (Phi) is 7.36. The van der Waals surface area contributed by atoms with Gasteiger partial charge in [-0.1, -0.05) is 19.1 Å². The number of hydrogen-bond acceptors (Lipinski definition) is 3. The smallest absolute Gasteiger partial charge is 0.303 e. The summed E-state index contributed by atoms with van der Waals surface area (Å²) < 4.78 is 19.7. The molecule has 6 heteroatoms. The third-order valence-electron chi connectivity index (χ3n) is 3.29. The lowest BCUT2D eigenvalue weighted by Crippen LogP contribution is -2.15. The predicted molar refractivity (Wildman–Crippen MR) is 80.1 cm³/mol. The maximum Gasteiger partial charge on any atom is 0.303 e. The standard InChI is InChI=1S/C16H22FNO4/c1-11(8-9-14(18)19)10-22-13-6-2-4-12(16(13)17)5-3-7-15(20)21/h2,4,6,11H,3,5,7-10H2,1H3,(H2,18,19)(H,20,21)/t11-/m0/s1. The maximum atomic E-state index is 14.2. The van der Waals surface area contributed by atoms with Gasteiger partial charge in [0.1, 0.15) is 0 Å². The number of hydrogen-bond donors (Lipinski definition) is 2. The van der Waals surface area contributed by atoms with Gasteiger partial charge in [-0.25, -0.2) is 4.39 Å². The molecular formula is C16H22FNO4. The second-order valence-corrected chi connectivity index (χ2v) is 5.40. The van der Waals surface area contributed by atoms with Crippen LogP contribution in [0, 0.1) is 11.7 Å². The van der Waals surface area contributed by atoms with Gasteiger partial charge in [-0.05, 0) is 36.8 Å². The Morgan fingerprint density at radius 1 is 1.36 bits per heavy atom. The third-order valence-corrected chi connectivity index (χ3v) is 3.29. The first kappa shape index (κ1) is 17.9. The molecule has 0 spiro atoms. The minimum absolute atomic E-state index is 0.00861. The van der Waals surface area contributed by atoms with Crippen molar-refractivity contribution in [1.29, 1.82) is 0 Å². The molecule has 0 radical (unpaired) electrons. The molecule has 0 unspecified atom stereocenters. The van der Waals surface area contributed by atoms with Gasteiger partial charge in [-0.3, -0.25) is 9.59 Å². The van der Waals surface area contributed by atoms with Crippen LogP contribution < -0.4 is 10.5 Å². The van der Waals surface area contributed by atoms with Gasteiger partial charge in [-0.15, -0.1) is 0 Å². The van der Waals surface area contributed by atoms with Crippen molar-refractivity contribution in [2.75, 3.05) is 6.61 Å². The summed E-state index contributed by atoms with van der Waals surface area (Å²) >= 11 is 0. The Labute approximate surface area is 129 Å². The number of amides is 1. The molecule has 0 saturated heterocycles. The van der Waals surface area contributed by atoms with Gasteiger partial charge in [0.2, 0.25) is 5.91 Å². The average molecular weight is 311 g/mol. The number of aliphatic carboxylic acids is 1. The van der Waals surface area contributed by atoms with E-state index in [0.717, 1.165) is 0 Å². The van der Waals surface area contributed by atoms with E-state index in [-0.39, 0.29) is 30.4 Å². The zero-order valence-corrected chi connectivity index (χ0v) is 12.7. The molecule has 1 aromatic rings. The molecule has 0 saturated carbocycles. The summed E-state index contributed by atoms with van der Waals surface area (Å²) in [6.07, 6.45) is 1.61. The van der Waals surface area contributed by atoms with Crippen molar-refractivity contribution < 1.29 is 23.8 Å². The van der Waals surface area contributed by atoms with E-state index < -0.39 is 11.8 Å². The number of carboxylic acid groups (broad SMARTS) is 1. The summed E-state index contributed by atoms with van der Waals surface area (Å²) in [5.41, 5.74) is 5.53. The van der Waals surface area contributed by atoms with Crippen LogP contribution in [-0.2, 0) is 16.0 Å². The van der Waals surface area contributed by atoms with Crippen molar-refractivity contribution in [2.24, 2.45) is 11.7 Å². The first-order valence-electron chi connectivity index (χ1n) is 7.30. The molecule has 0 bridgehead atoms. The van der Waals surface area contributed by atoms with Crippen molar-refractivity contribution in [1.82, 2.24) is 0 Å². The van der Waals surface area contributed by atoms with E-state index in [1.165, 1.54) is 6.07 Å². The number of carboxylic acids is 1. The molecule has 1 amide bonds. The zero-order valence-electron chi connectivity index (χ0n) is 12.7. The van der Waals surface area contributed by atoms with Crippen molar-refractivity contribution in [3.8, 4) is 5.75 Å². The van der Waals surface area contributed by atoms with E-state index in [9.17, 15) is 14.0 Å². The molecule has 122 valence electrons. The SMILES string of the molecule is C[C@@H](CCC(N)=O)COc1cccc(CCCC(=O)O)c1F. The van der Waals surface area contributed by atoms with E-state index in [1.54, 1.807) is 12.1 Å². The lowest BCUT2D eigenvalue weighted by molar-refractivity contribution is -0.137. The summed E-state index contributed by atoms with van der Waals surface area (Å²) in [6, 6.07) is 4.85. The highest BCUT2D eigenvalue weighted by Gasteiger charge is 2.12. The molecule has 0 heterocycles. The summed E-state index contributed by atoms with van der Waals surface area (Å²) in [5.74, 6) is -1.47. The molecule has 0 aliphatic heterocycles. The van der Waals surface area contributed by atoms with Crippen LogP contribution in [-0.4, -0.2) is 23.6 Å². The van der Waals surface area contributed by atoms with Gasteiger partial charge < -0.3 is 15.6 Å². The predicted octanol–water partition coefficient (Wildman–Crippen LogP) is 2.51. The van der Waals surface area contributed by atoms with Crippen molar-refractivity contribution in [3.05, 3.63) is 29.6 Å². The molecule has 3 N–H and O–H groups in total. The fourth-order valence-electron chi connectivity index (χ4n) is 1.99. The summed E-state index contributed by atoms with van der Waals surface area (Å²) in [5, 5.41) is 8.60. The number of aryl methyl sites for hydroxylation is 1. The number of benzene rings is 1. The highest BCUT2D eigenvalue weighted by molar-refractivity contribution is 5.73. The monoisotopic (exact) mass is 311 g/mol. The first-order valence-corrected chi connectivity index (χ1v) is 7.30. The van der Waals surface area contributed by atoms with E-state index in [0.29, 0.717) is 31.4 Å². The molecule has 0 fully saturated rings. The fourth-order valence-corrected chi connectivity index (χ4v) is 1.99. The van der Waals surface area contributed by atoms with E-state index in [2.05, 4.69) is 0 Å². The van der Waals surface area contributed by atoms with Crippen molar-refractivity contribution in [3.63, 3.8) is 0 Å². The topological polar surface area (TPSA) is 89.6 Å².